The zero-order chi connectivity index (χ0) is 20.7. The number of hydrogen-bond donors (Lipinski definition) is 0. The molecule has 0 aromatic rings. The first-order valence-corrected chi connectivity index (χ1v) is 12.1. The van der Waals surface area contributed by atoms with Gasteiger partial charge < -0.3 is 9.47 Å². The van der Waals surface area contributed by atoms with Crippen LogP contribution >= 0.6 is 11.6 Å². The van der Waals surface area contributed by atoms with Gasteiger partial charge >= 0.3 is 11.9 Å². The number of esters is 2. The molecule has 0 saturated heterocycles. The van der Waals surface area contributed by atoms with Gasteiger partial charge in [0.15, 0.2) is 0 Å². The van der Waals surface area contributed by atoms with Gasteiger partial charge in [0.2, 0.25) is 0 Å². The molecule has 0 radical (unpaired) electrons. The van der Waals surface area contributed by atoms with E-state index >= 15 is 0 Å². The SMILES string of the molecule is CCCCCCCCCCOC(=O)CCCC(=O)OCCCCCCCCCl. The molecule has 0 fully saturated rings. The fraction of sp³-hybridized carbons (Fsp3) is 0.913. The van der Waals surface area contributed by atoms with E-state index in [-0.39, 0.29) is 11.9 Å². The van der Waals surface area contributed by atoms with E-state index in [0.29, 0.717) is 32.5 Å². The normalized spacial score (nSPS) is 10.8. The Morgan fingerprint density at radius 2 is 0.964 bits per heavy atom. The van der Waals surface area contributed by atoms with Crippen LogP contribution in [0.4, 0.5) is 0 Å². The highest BCUT2D eigenvalue weighted by Gasteiger charge is 2.07. The Morgan fingerprint density at radius 3 is 1.39 bits per heavy atom. The number of unbranched alkanes of at least 4 members (excludes halogenated alkanes) is 12. The van der Waals surface area contributed by atoms with Crippen LogP contribution in [0.5, 0.6) is 0 Å². The van der Waals surface area contributed by atoms with E-state index in [1.165, 1.54) is 57.8 Å². The number of carbonyl (C=O) groups excluding carboxylic acids is 2. The molecule has 0 aromatic carbocycles. The van der Waals surface area contributed by atoms with Crippen LogP contribution in [0.1, 0.15) is 116 Å². The van der Waals surface area contributed by atoms with Gasteiger partial charge in [0.05, 0.1) is 13.2 Å². The van der Waals surface area contributed by atoms with Crippen LogP contribution in [-0.4, -0.2) is 31.0 Å². The Morgan fingerprint density at radius 1 is 0.571 bits per heavy atom. The number of alkyl halides is 1. The second kappa shape index (κ2) is 22.5. The van der Waals surface area contributed by atoms with Gasteiger partial charge in [-0.15, -0.1) is 11.6 Å². The van der Waals surface area contributed by atoms with E-state index in [0.717, 1.165) is 38.0 Å². The van der Waals surface area contributed by atoms with Crippen molar-refractivity contribution in [2.24, 2.45) is 0 Å². The minimum Gasteiger partial charge on any atom is -0.466 e. The lowest BCUT2D eigenvalue weighted by atomic mass is 10.1. The fourth-order valence-electron chi connectivity index (χ4n) is 3.03. The lowest BCUT2D eigenvalue weighted by Gasteiger charge is -2.06. The summed E-state index contributed by atoms with van der Waals surface area (Å²) in [4.78, 5) is 23.3. The van der Waals surface area contributed by atoms with Crippen LogP contribution in [0.2, 0.25) is 0 Å². The van der Waals surface area contributed by atoms with Gasteiger partial charge in [0.1, 0.15) is 0 Å². The molecule has 0 saturated carbocycles. The summed E-state index contributed by atoms with van der Waals surface area (Å²) in [5.41, 5.74) is 0. The highest BCUT2D eigenvalue weighted by molar-refractivity contribution is 6.17. The van der Waals surface area contributed by atoms with Crippen molar-refractivity contribution >= 4 is 23.5 Å². The molecule has 0 aliphatic rings. The first kappa shape index (κ1) is 27.2. The molecular formula is C23H43ClO4. The highest BCUT2D eigenvalue weighted by atomic mass is 35.5. The van der Waals surface area contributed by atoms with E-state index < -0.39 is 0 Å². The Bertz CT molecular complexity index is 361. The number of hydrogen-bond acceptors (Lipinski definition) is 4. The van der Waals surface area contributed by atoms with Crippen LogP contribution in [0.25, 0.3) is 0 Å². The molecule has 0 N–H and O–H groups in total. The van der Waals surface area contributed by atoms with Crippen molar-refractivity contribution < 1.29 is 19.1 Å². The van der Waals surface area contributed by atoms with Gasteiger partial charge in [-0.1, -0.05) is 77.6 Å². The van der Waals surface area contributed by atoms with E-state index in [1.807, 2.05) is 0 Å². The monoisotopic (exact) mass is 418 g/mol. The average molecular weight is 419 g/mol. The molecule has 0 atom stereocenters. The van der Waals surface area contributed by atoms with Crippen molar-refractivity contribution in [3.63, 3.8) is 0 Å². The summed E-state index contributed by atoms with van der Waals surface area (Å²) >= 11 is 5.63. The van der Waals surface area contributed by atoms with E-state index in [9.17, 15) is 9.59 Å². The smallest absolute Gasteiger partial charge is 0.305 e. The standard InChI is InChI=1S/C23H43ClO4/c1-2-3-4-5-6-8-11-14-20-27-22(25)17-16-18-23(26)28-21-15-12-9-7-10-13-19-24/h2-21H2,1H3. The molecule has 0 unspecified atom stereocenters. The van der Waals surface area contributed by atoms with Gasteiger partial charge in [-0.3, -0.25) is 9.59 Å². The molecule has 0 amide bonds. The molecule has 4 nitrogen and oxygen atoms in total. The number of rotatable bonds is 21. The third kappa shape index (κ3) is 21.5. The quantitative estimate of drug-likeness (QED) is 0.115. The summed E-state index contributed by atoms with van der Waals surface area (Å²) in [6, 6.07) is 0. The third-order valence-electron chi connectivity index (χ3n) is 4.81. The van der Waals surface area contributed by atoms with Crippen molar-refractivity contribution in [2.75, 3.05) is 19.1 Å². The van der Waals surface area contributed by atoms with Crippen LogP contribution in [0, 0.1) is 0 Å². The fourth-order valence-corrected chi connectivity index (χ4v) is 3.22. The zero-order valence-electron chi connectivity index (χ0n) is 18.2. The Kier molecular flexibility index (Phi) is 21.9. The van der Waals surface area contributed by atoms with Gasteiger partial charge in [-0.25, -0.2) is 0 Å². The maximum Gasteiger partial charge on any atom is 0.305 e. The van der Waals surface area contributed by atoms with Crippen molar-refractivity contribution in [3.8, 4) is 0 Å². The lowest BCUT2D eigenvalue weighted by molar-refractivity contribution is -0.145. The van der Waals surface area contributed by atoms with Crippen molar-refractivity contribution in [2.45, 2.75) is 116 Å². The summed E-state index contributed by atoms with van der Waals surface area (Å²) in [5, 5.41) is 0. The van der Waals surface area contributed by atoms with E-state index in [4.69, 9.17) is 21.1 Å². The van der Waals surface area contributed by atoms with E-state index in [2.05, 4.69) is 6.92 Å². The molecule has 0 spiro atoms. The van der Waals surface area contributed by atoms with Crippen molar-refractivity contribution in [1.29, 1.82) is 0 Å². The summed E-state index contributed by atoms with van der Waals surface area (Å²) in [5.74, 6) is 0.329. The molecule has 0 bridgehead atoms. The molecule has 0 rings (SSSR count). The number of carbonyl (C=O) groups is 2. The number of halogens is 1. The van der Waals surface area contributed by atoms with Crippen molar-refractivity contribution in [3.05, 3.63) is 0 Å². The summed E-state index contributed by atoms with van der Waals surface area (Å²) < 4.78 is 10.4. The molecule has 0 aromatic heterocycles. The topological polar surface area (TPSA) is 52.6 Å². The second-order valence-electron chi connectivity index (χ2n) is 7.58. The Labute approximate surface area is 178 Å². The average Bonchev–Trinajstić information content (AvgIpc) is 2.68. The van der Waals surface area contributed by atoms with Gasteiger partial charge in [0, 0.05) is 18.7 Å². The Hall–Kier alpha value is -0.770. The lowest BCUT2D eigenvalue weighted by Crippen LogP contribution is -2.09. The summed E-state index contributed by atoms with van der Waals surface area (Å²) in [7, 11) is 0. The molecule has 0 heterocycles. The Balaban J connectivity index is 3.31. The van der Waals surface area contributed by atoms with Crippen LogP contribution in [0.3, 0.4) is 0 Å². The number of ether oxygens (including phenoxy) is 2. The minimum atomic E-state index is -0.210. The van der Waals surface area contributed by atoms with E-state index in [1.54, 1.807) is 0 Å². The van der Waals surface area contributed by atoms with Gasteiger partial charge in [-0.2, -0.15) is 0 Å². The molecule has 28 heavy (non-hydrogen) atoms. The van der Waals surface area contributed by atoms with Crippen LogP contribution < -0.4 is 0 Å². The van der Waals surface area contributed by atoms with Crippen LogP contribution in [-0.2, 0) is 19.1 Å². The third-order valence-corrected chi connectivity index (χ3v) is 5.08. The predicted octanol–water partition coefficient (Wildman–Crippen LogP) is 6.96. The molecule has 0 aliphatic heterocycles. The predicted molar refractivity (Wildman–Crippen MR) is 117 cm³/mol. The molecule has 5 heteroatoms. The summed E-state index contributed by atoms with van der Waals surface area (Å²) in [6.07, 6.45) is 17.6. The maximum atomic E-state index is 11.7. The van der Waals surface area contributed by atoms with Gasteiger partial charge in [0.25, 0.3) is 0 Å². The zero-order valence-corrected chi connectivity index (χ0v) is 18.9. The first-order valence-electron chi connectivity index (χ1n) is 11.6. The highest BCUT2D eigenvalue weighted by Crippen LogP contribution is 2.09. The maximum absolute atomic E-state index is 11.7. The van der Waals surface area contributed by atoms with Crippen LogP contribution in [0.15, 0.2) is 0 Å². The molecule has 166 valence electrons. The van der Waals surface area contributed by atoms with Gasteiger partial charge in [-0.05, 0) is 25.7 Å². The summed E-state index contributed by atoms with van der Waals surface area (Å²) in [6.45, 7) is 3.21. The molecule has 0 aliphatic carbocycles. The van der Waals surface area contributed by atoms with Crippen molar-refractivity contribution in [1.82, 2.24) is 0 Å². The largest absolute Gasteiger partial charge is 0.466 e. The first-order chi connectivity index (χ1) is 13.7. The second-order valence-corrected chi connectivity index (χ2v) is 7.96. The minimum absolute atomic E-state index is 0.201. The molecular weight excluding hydrogens is 376 g/mol.